The highest BCUT2D eigenvalue weighted by Crippen LogP contribution is 2.22. The maximum absolute atomic E-state index is 12.0. The molecule has 0 fully saturated rings. The Balaban J connectivity index is 1.78. The van der Waals surface area contributed by atoms with E-state index in [1.54, 1.807) is 11.8 Å². The van der Waals surface area contributed by atoms with Gasteiger partial charge in [0.2, 0.25) is 0 Å². The number of rotatable bonds is 3. The molecule has 104 valence electrons. The third-order valence-electron chi connectivity index (χ3n) is 3.36. The van der Waals surface area contributed by atoms with E-state index in [-0.39, 0.29) is 5.56 Å². The monoisotopic (exact) mass is 287 g/mol. The predicted molar refractivity (Wildman–Crippen MR) is 81.0 cm³/mol. The Bertz CT molecular complexity index is 681. The minimum atomic E-state index is 0.0244. The molecule has 0 saturated carbocycles. The lowest BCUT2D eigenvalue weighted by molar-refractivity contribution is 0.614. The number of thioether (sulfide) groups is 1. The van der Waals surface area contributed by atoms with Crippen LogP contribution >= 0.6 is 11.8 Å². The predicted octanol–water partition coefficient (Wildman–Crippen LogP) is 2.02. The van der Waals surface area contributed by atoms with Crippen LogP contribution in [-0.2, 0) is 18.7 Å². The molecule has 2 heterocycles. The van der Waals surface area contributed by atoms with Crippen LogP contribution in [0.15, 0.2) is 34.0 Å². The van der Waals surface area contributed by atoms with Gasteiger partial charge in [-0.1, -0.05) is 17.7 Å². The van der Waals surface area contributed by atoms with Crippen LogP contribution in [0.3, 0.4) is 0 Å². The van der Waals surface area contributed by atoms with Gasteiger partial charge in [0.15, 0.2) is 0 Å². The molecule has 1 aliphatic heterocycles. The van der Waals surface area contributed by atoms with E-state index in [2.05, 4.69) is 40.4 Å². The second-order valence-electron chi connectivity index (χ2n) is 4.97. The van der Waals surface area contributed by atoms with Crippen LogP contribution in [0.5, 0.6) is 0 Å². The van der Waals surface area contributed by atoms with E-state index in [1.165, 1.54) is 10.5 Å². The topological polar surface area (TPSA) is 57.8 Å². The molecular formula is C15H17N3OS. The summed E-state index contributed by atoms with van der Waals surface area (Å²) >= 11 is 1.69. The molecule has 0 amide bonds. The highest BCUT2D eigenvalue weighted by molar-refractivity contribution is 7.98. The first kappa shape index (κ1) is 13.4. The first-order valence-corrected chi connectivity index (χ1v) is 7.72. The van der Waals surface area contributed by atoms with Crippen molar-refractivity contribution in [3.05, 3.63) is 57.3 Å². The second-order valence-corrected chi connectivity index (χ2v) is 6.02. The first-order valence-electron chi connectivity index (χ1n) is 6.73. The summed E-state index contributed by atoms with van der Waals surface area (Å²) < 4.78 is 0. The van der Waals surface area contributed by atoms with Crippen LogP contribution in [0, 0.1) is 6.92 Å². The fraction of sp³-hybridized carbons (Fsp3) is 0.333. The smallest absolute Gasteiger partial charge is 0.254 e. The van der Waals surface area contributed by atoms with Gasteiger partial charge in [0.25, 0.3) is 5.56 Å². The Morgan fingerprint density at radius 1 is 1.40 bits per heavy atom. The standard InChI is InChI=1S/C15H17N3OS/c1-10-3-2-4-11(7-10)20-9-14-17-13-8-16-6-5-12(13)15(19)18-14/h2-4,7,16H,5-6,8-9H2,1H3,(H,17,18,19). The van der Waals surface area contributed by atoms with Gasteiger partial charge in [0, 0.05) is 17.0 Å². The quantitative estimate of drug-likeness (QED) is 0.848. The summed E-state index contributed by atoms with van der Waals surface area (Å²) in [4.78, 5) is 20.7. The zero-order valence-electron chi connectivity index (χ0n) is 11.4. The van der Waals surface area contributed by atoms with Gasteiger partial charge < -0.3 is 10.3 Å². The van der Waals surface area contributed by atoms with Gasteiger partial charge in [-0.15, -0.1) is 11.8 Å². The Morgan fingerprint density at radius 3 is 3.15 bits per heavy atom. The molecule has 0 saturated heterocycles. The number of fused-ring (bicyclic) bond motifs is 1. The van der Waals surface area contributed by atoms with E-state index < -0.39 is 0 Å². The SMILES string of the molecule is Cc1cccc(SCc2nc3c(c(=O)[nH]2)CCNC3)c1. The number of hydrogen-bond donors (Lipinski definition) is 2. The van der Waals surface area contributed by atoms with Crippen LogP contribution in [-0.4, -0.2) is 16.5 Å². The molecule has 0 atom stereocenters. The number of aromatic nitrogens is 2. The number of aromatic amines is 1. The summed E-state index contributed by atoms with van der Waals surface area (Å²) in [6.45, 7) is 3.63. The third-order valence-corrected chi connectivity index (χ3v) is 4.36. The van der Waals surface area contributed by atoms with Gasteiger partial charge in [-0.25, -0.2) is 4.98 Å². The van der Waals surface area contributed by atoms with E-state index in [9.17, 15) is 4.79 Å². The van der Waals surface area contributed by atoms with Crippen LogP contribution in [0.25, 0.3) is 0 Å². The number of benzene rings is 1. The summed E-state index contributed by atoms with van der Waals surface area (Å²) in [5, 5.41) is 3.25. The van der Waals surface area contributed by atoms with Crippen molar-refractivity contribution in [3.63, 3.8) is 0 Å². The molecule has 1 aromatic heterocycles. The first-order chi connectivity index (χ1) is 9.72. The second kappa shape index (κ2) is 5.81. The van der Waals surface area contributed by atoms with E-state index in [1.807, 2.05) is 6.07 Å². The third kappa shape index (κ3) is 2.94. The van der Waals surface area contributed by atoms with E-state index >= 15 is 0 Å². The van der Waals surface area contributed by atoms with Gasteiger partial charge in [-0.2, -0.15) is 0 Å². The van der Waals surface area contributed by atoms with Gasteiger partial charge in [0.1, 0.15) is 5.82 Å². The Labute approximate surface area is 122 Å². The highest BCUT2D eigenvalue weighted by atomic mass is 32.2. The number of nitrogens with one attached hydrogen (secondary N) is 2. The molecule has 3 rings (SSSR count). The van der Waals surface area contributed by atoms with Crippen molar-refractivity contribution in [2.24, 2.45) is 0 Å². The number of hydrogen-bond acceptors (Lipinski definition) is 4. The summed E-state index contributed by atoms with van der Waals surface area (Å²) in [5.41, 5.74) is 3.01. The molecule has 0 unspecified atom stereocenters. The largest absolute Gasteiger partial charge is 0.311 e. The maximum Gasteiger partial charge on any atom is 0.254 e. The summed E-state index contributed by atoms with van der Waals surface area (Å²) in [7, 11) is 0. The van der Waals surface area contributed by atoms with E-state index in [4.69, 9.17) is 0 Å². The number of H-pyrrole nitrogens is 1. The van der Waals surface area contributed by atoms with Gasteiger partial charge in [-0.3, -0.25) is 4.79 Å². The maximum atomic E-state index is 12.0. The number of aryl methyl sites for hydroxylation is 1. The molecule has 20 heavy (non-hydrogen) atoms. The van der Waals surface area contributed by atoms with Crippen molar-refractivity contribution >= 4 is 11.8 Å². The van der Waals surface area contributed by atoms with Gasteiger partial charge in [-0.05, 0) is 32.0 Å². The summed E-state index contributed by atoms with van der Waals surface area (Å²) in [5.74, 6) is 1.44. The van der Waals surface area contributed by atoms with Crippen LogP contribution in [0.4, 0.5) is 0 Å². The molecule has 0 aliphatic carbocycles. The zero-order chi connectivity index (χ0) is 13.9. The minimum Gasteiger partial charge on any atom is -0.311 e. The summed E-state index contributed by atoms with van der Waals surface area (Å²) in [6.07, 6.45) is 0.767. The molecule has 1 aliphatic rings. The van der Waals surface area contributed by atoms with Crippen LogP contribution < -0.4 is 10.9 Å². The van der Waals surface area contributed by atoms with Crippen molar-refractivity contribution in [1.82, 2.24) is 15.3 Å². The molecule has 2 N–H and O–H groups in total. The molecule has 5 heteroatoms. The van der Waals surface area contributed by atoms with E-state index in [0.29, 0.717) is 12.3 Å². The fourth-order valence-electron chi connectivity index (χ4n) is 2.35. The van der Waals surface area contributed by atoms with Crippen LogP contribution in [0.1, 0.15) is 22.6 Å². The Hall–Kier alpha value is -1.59. The minimum absolute atomic E-state index is 0.0244. The van der Waals surface area contributed by atoms with Gasteiger partial charge in [0.05, 0.1) is 11.4 Å². The molecular weight excluding hydrogens is 270 g/mol. The van der Waals surface area contributed by atoms with Crippen molar-refractivity contribution in [3.8, 4) is 0 Å². The number of nitrogens with zero attached hydrogens (tertiary/aromatic N) is 1. The molecule has 0 spiro atoms. The molecule has 0 bridgehead atoms. The van der Waals surface area contributed by atoms with Gasteiger partial charge >= 0.3 is 0 Å². The lowest BCUT2D eigenvalue weighted by atomic mass is 10.1. The van der Waals surface area contributed by atoms with Crippen LogP contribution in [0.2, 0.25) is 0 Å². The highest BCUT2D eigenvalue weighted by Gasteiger charge is 2.14. The Kier molecular flexibility index (Phi) is 3.89. The average Bonchev–Trinajstić information content (AvgIpc) is 2.45. The normalized spacial score (nSPS) is 14.1. The van der Waals surface area contributed by atoms with Crippen molar-refractivity contribution in [2.45, 2.75) is 30.5 Å². The van der Waals surface area contributed by atoms with Crippen molar-refractivity contribution in [1.29, 1.82) is 0 Å². The zero-order valence-corrected chi connectivity index (χ0v) is 12.2. The van der Waals surface area contributed by atoms with Crippen molar-refractivity contribution < 1.29 is 0 Å². The lowest BCUT2D eigenvalue weighted by Gasteiger charge is -2.15. The van der Waals surface area contributed by atoms with E-state index in [0.717, 1.165) is 30.0 Å². The average molecular weight is 287 g/mol. The Morgan fingerprint density at radius 2 is 2.30 bits per heavy atom. The van der Waals surface area contributed by atoms with Crippen molar-refractivity contribution in [2.75, 3.05) is 6.54 Å². The molecule has 4 nitrogen and oxygen atoms in total. The molecule has 1 aromatic carbocycles. The lowest BCUT2D eigenvalue weighted by Crippen LogP contribution is -2.31. The molecule has 2 aromatic rings. The molecule has 0 radical (unpaired) electrons. The summed E-state index contributed by atoms with van der Waals surface area (Å²) in [6, 6.07) is 8.35. The fourth-order valence-corrected chi connectivity index (χ4v) is 3.23.